The number of hydrogen-bond acceptors (Lipinski definition) is 0. The summed E-state index contributed by atoms with van der Waals surface area (Å²) in [4.78, 5) is 0. The molecule has 0 aliphatic heterocycles. The van der Waals surface area contributed by atoms with Crippen LogP contribution in [-0.4, -0.2) is 23.4 Å². The van der Waals surface area contributed by atoms with E-state index in [9.17, 15) is 30.7 Å². The highest BCUT2D eigenvalue weighted by atomic mass is 19.3. The highest BCUT2D eigenvalue weighted by Gasteiger charge is 2.88. The highest BCUT2D eigenvalue weighted by molar-refractivity contribution is 5.19. The Labute approximate surface area is 75.1 Å². The second-order valence-electron chi connectivity index (χ2n) is 3.54. The van der Waals surface area contributed by atoms with Crippen molar-refractivity contribution in [2.24, 2.45) is 5.92 Å². The van der Waals surface area contributed by atoms with Gasteiger partial charge in [0.1, 0.15) is 0 Å². The number of halogens is 7. The molecule has 14 heavy (non-hydrogen) atoms. The molecular formula is C7H7F7. The van der Waals surface area contributed by atoms with Crippen LogP contribution in [0.25, 0.3) is 0 Å². The lowest BCUT2D eigenvalue weighted by atomic mass is 9.99. The van der Waals surface area contributed by atoms with E-state index in [0.29, 0.717) is 0 Å². The Morgan fingerprint density at radius 2 is 1.14 bits per heavy atom. The summed E-state index contributed by atoms with van der Waals surface area (Å²) in [5.41, 5.74) is -4.52. The summed E-state index contributed by atoms with van der Waals surface area (Å²) in [5, 5.41) is 0. The summed E-state index contributed by atoms with van der Waals surface area (Å²) in [6, 6.07) is 0. The Bertz CT molecular complexity index is 229. The average Bonchev–Trinajstić information content (AvgIpc) is 2.05. The summed E-state index contributed by atoms with van der Waals surface area (Å²) in [5.74, 6) is -18.2. The largest absolute Gasteiger partial charge is 0.349 e. The van der Waals surface area contributed by atoms with Crippen molar-refractivity contribution in [3.8, 4) is 0 Å². The molecule has 0 aromatic rings. The molecule has 1 aliphatic carbocycles. The van der Waals surface area contributed by atoms with Gasteiger partial charge in [-0.2, -0.15) is 17.6 Å². The first-order chi connectivity index (χ1) is 5.90. The SMILES string of the molecule is C[C@H]1C(F)(F)C(C)(F)C(F)(F)C1(F)F. The molecule has 84 valence electrons. The summed E-state index contributed by atoms with van der Waals surface area (Å²) in [6.45, 7) is 0.00312. The molecular weight excluding hydrogens is 217 g/mol. The first-order valence-corrected chi connectivity index (χ1v) is 3.73. The third kappa shape index (κ3) is 0.857. The molecule has 0 bridgehead atoms. The zero-order valence-corrected chi connectivity index (χ0v) is 7.22. The van der Waals surface area contributed by atoms with Crippen molar-refractivity contribution in [3.05, 3.63) is 0 Å². The van der Waals surface area contributed by atoms with E-state index in [1.807, 2.05) is 0 Å². The van der Waals surface area contributed by atoms with Crippen molar-refractivity contribution in [2.45, 2.75) is 37.3 Å². The van der Waals surface area contributed by atoms with Gasteiger partial charge in [-0.25, -0.2) is 13.2 Å². The van der Waals surface area contributed by atoms with Gasteiger partial charge >= 0.3 is 11.8 Å². The molecule has 2 atom stereocenters. The van der Waals surface area contributed by atoms with Crippen molar-refractivity contribution in [1.82, 2.24) is 0 Å². The van der Waals surface area contributed by atoms with Gasteiger partial charge in [0.2, 0.25) is 5.67 Å². The molecule has 1 rings (SSSR count). The van der Waals surface area contributed by atoms with Crippen LogP contribution in [0.3, 0.4) is 0 Å². The number of rotatable bonds is 0. The minimum atomic E-state index is -5.36. The maximum Gasteiger partial charge on any atom is 0.349 e. The van der Waals surface area contributed by atoms with Crippen LogP contribution in [0.2, 0.25) is 0 Å². The van der Waals surface area contributed by atoms with Crippen LogP contribution in [0.5, 0.6) is 0 Å². The van der Waals surface area contributed by atoms with Gasteiger partial charge in [0, 0.05) is 0 Å². The molecule has 0 aromatic carbocycles. The minimum Gasteiger partial charge on any atom is -0.230 e. The smallest absolute Gasteiger partial charge is 0.230 e. The summed E-state index contributed by atoms with van der Waals surface area (Å²) in [7, 11) is 0. The van der Waals surface area contributed by atoms with E-state index in [1.54, 1.807) is 0 Å². The monoisotopic (exact) mass is 224 g/mol. The lowest BCUT2D eigenvalue weighted by Gasteiger charge is -2.27. The van der Waals surface area contributed by atoms with Crippen molar-refractivity contribution in [3.63, 3.8) is 0 Å². The highest BCUT2D eigenvalue weighted by Crippen LogP contribution is 2.64. The average molecular weight is 224 g/mol. The summed E-state index contributed by atoms with van der Waals surface area (Å²) >= 11 is 0. The fraction of sp³-hybridized carbons (Fsp3) is 1.00. The zero-order valence-electron chi connectivity index (χ0n) is 7.22. The van der Waals surface area contributed by atoms with Crippen LogP contribution in [-0.2, 0) is 0 Å². The standard InChI is InChI=1S/C7H7F7/c1-3-5(9,10)4(2,8)7(13,14)6(3,11)12/h3H,1-2H3/t3-,4?/m0/s1. The summed E-state index contributed by atoms with van der Waals surface area (Å²) < 4.78 is 89.0. The van der Waals surface area contributed by atoms with Gasteiger partial charge in [-0.1, -0.05) is 6.92 Å². The van der Waals surface area contributed by atoms with Gasteiger partial charge in [-0.3, -0.25) is 0 Å². The Hall–Kier alpha value is -0.490. The third-order valence-electron chi connectivity index (χ3n) is 2.72. The summed E-state index contributed by atoms with van der Waals surface area (Å²) in [6.07, 6.45) is 0. The molecule has 0 spiro atoms. The molecule has 1 fully saturated rings. The van der Waals surface area contributed by atoms with Gasteiger partial charge in [-0.15, -0.1) is 0 Å². The van der Waals surface area contributed by atoms with E-state index >= 15 is 0 Å². The third-order valence-corrected chi connectivity index (χ3v) is 2.72. The predicted molar refractivity (Wildman–Crippen MR) is 33.5 cm³/mol. The Balaban J connectivity index is 3.38. The van der Waals surface area contributed by atoms with E-state index in [-0.39, 0.29) is 13.8 Å². The Kier molecular flexibility index (Phi) is 1.95. The van der Waals surface area contributed by atoms with Crippen LogP contribution in [0.1, 0.15) is 13.8 Å². The first-order valence-electron chi connectivity index (χ1n) is 3.73. The normalized spacial score (nSPS) is 43.9. The lowest BCUT2D eigenvalue weighted by molar-refractivity contribution is -0.248. The quantitative estimate of drug-likeness (QED) is 0.554. The number of alkyl halides is 7. The van der Waals surface area contributed by atoms with Crippen molar-refractivity contribution < 1.29 is 30.7 Å². The molecule has 0 radical (unpaired) electrons. The molecule has 0 amide bonds. The predicted octanol–water partition coefficient (Wildman–Crippen LogP) is 3.27. The molecule has 7 heteroatoms. The van der Waals surface area contributed by atoms with E-state index in [4.69, 9.17) is 0 Å². The molecule has 0 aromatic heterocycles. The second kappa shape index (κ2) is 2.36. The maximum atomic E-state index is 12.9. The molecule has 0 nitrogen and oxygen atoms in total. The minimum absolute atomic E-state index is 0.204. The van der Waals surface area contributed by atoms with Crippen molar-refractivity contribution >= 4 is 0 Å². The van der Waals surface area contributed by atoms with E-state index in [0.717, 1.165) is 0 Å². The molecule has 0 saturated heterocycles. The second-order valence-corrected chi connectivity index (χ2v) is 3.54. The Morgan fingerprint density at radius 1 is 0.786 bits per heavy atom. The first kappa shape index (κ1) is 11.6. The van der Waals surface area contributed by atoms with E-state index in [1.165, 1.54) is 0 Å². The van der Waals surface area contributed by atoms with Crippen LogP contribution in [0.15, 0.2) is 0 Å². The van der Waals surface area contributed by atoms with Gasteiger partial charge < -0.3 is 0 Å². The van der Waals surface area contributed by atoms with Gasteiger partial charge in [0.25, 0.3) is 5.92 Å². The zero-order chi connectivity index (χ0) is 11.6. The van der Waals surface area contributed by atoms with E-state index in [2.05, 4.69) is 0 Å². The van der Waals surface area contributed by atoms with Gasteiger partial charge in [-0.05, 0) is 6.92 Å². The van der Waals surface area contributed by atoms with Gasteiger partial charge in [0.05, 0.1) is 5.92 Å². The Morgan fingerprint density at radius 3 is 1.21 bits per heavy atom. The van der Waals surface area contributed by atoms with Crippen molar-refractivity contribution in [1.29, 1.82) is 0 Å². The maximum absolute atomic E-state index is 12.9. The molecule has 0 heterocycles. The van der Waals surface area contributed by atoms with Gasteiger partial charge in [0.15, 0.2) is 0 Å². The number of hydrogen-bond donors (Lipinski definition) is 0. The fourth-order valence-electron chi connectivity index (χ4n) is 1.43. The topological polar surface area (TPSA) is 0 Å². The van der Waals surface area contributed by atoms with Crippen LogP contribution in [0, 0.1) is 5.92 Å². The molecule has 1 unspecified atom stereocenters. The van der Waals surface area contributed by atoms with E-state index < -0.39 is 29.4 Å². The molecule has 0 N–H and O–H groups in total. The van der Waals surface area contributed by atoms with Crippen LogP contribution < -0.4 is 0 Å². The fourth-order valence-corrected chi connectivity index (χ4v) is 1.43. The molecule has 1 saturated carbocycles. The van der Waals surface area contributed by atoms with Crippen molar-refractivity contribution in [2.75, 3.05) is 0 Å². The lowest BCUT2D eigenvalue weighted by Crippen LogP contribution is -2.52. The molecule has 1 aliphatic rings. The van der Waals surface area contributed by atoms with Crippen LogP contribution in [0.4, 0.5) is 30.7 Å². The van der Waals surface area contributed by atoms with Crippen LogP contribution >= 0.6 is 0 Å².